The molecule has 8 heteroatoms. The second kappa shape index (κ2) is 11.6. The van der Waals surface area contributed by atoms with Crippen molar-refractivity contribution in [2.24, 2.45) is 11.7 Å². The first-order chi connectivity index (χ1) is 18.9. The summed E-state index contributed by atoms with van der Waals surface area (Å²) < 4.78 is 0. The van der Waals surface area contributed by atoms with Crippen LogP contribution in [0.1, 0.15) is 30.0 Å². The van der Waals surface area contributed by atoms with E-state index in [1.54, 1.807) is 0 Å². The van der Waals surface area contributed by atoms with Gasteiger partial charge in [-0.3, -0.25) is 14.5 Å². The molecule has 4 aromatic rings. The molecule has 1 aromatic heterocycles. The van der Waals surface area contributed by atoms with Gasteiger partial charge in [0.2, 0.25) is 5.91 Å². The van der Waals surface area contributed by atoms with Crippen LogP contribution in [-0.2, 0) is 11.3 Å². The smallest absolute Gasteiger partial charge is 0.254 e. The highest BCUT2D eigenvalue weighted by molar-refractivity contribution is 6.01. The Hall–Kier alpha value is -4.30. The number of fused-ring (bicyclic) bond motifs is 1. The molecule has 3 aromatic carbocycles. The number of piperazine rings is 1. The van der Waals surface area contributed by atoms with E-state index in [2.05, 4.69) is 10.2 Å². The largest absolute Gasteiger partial charge is 0.368 e. The zero-order valence-electron chi connectivity index (χ0n) is 22.4. The number of nitrogens with zero attached hydrogens (tertiary/aromatic N) is 4. The van der Waals surface area contributed by atoms with Crippen LogP contribution in [0.3, 0.4) is 0 Å². The summed E-state index contributed by atoms with van der Waals surface area (Å²) in [6, 6.07) is 25.0. The van der Waals surface area contributed by atoms with Crippen molar-refractivity contribution in [2.45, 2.75) is 26.4 Å². The minimum absolute atomic E-state index is 0.0114. The van der Waals surface area contributed by atoms with Gasteiger partial charge in [0, 0.05) is 37.1 Å². The van der Waals surface area contributed by atoms with Gasteiger partial charge < -0.3 is 16.0 Å². The van der Waals surface area contributed by atoms with Gasteiger partial charge in [-0.15, -0.1) is 0 Å². The highest BCUT2D eigenvalue weighted by Crippen LogP contribution is 2.26. The fourth-order valence-electron chi connectivity index (χ4n) is 5.04. The lowest BCUT2D eigenvalue weighted by Crippen LogP contribution is -2.48. The van der Waals surface area contributed by atoms with Crippen molar-refractivity contribution in [1.29, 1.82) is 0 Å². The van der Waals surface area contributed by atoms with E-state index < -0.39 is 11.9 Å². The van der Waals surface area contributed by atoms with Gasteiger partial charge in [-0.1, -0.05) is 74.5 Å². The van der Waals surface area contributed by atoms with Gasteiger partial charge in [0.05, 0.1) is 12.1 Å². The number of benzene rings is 3. The van der Waals surface area contributed by atoms with Crippen molar-refractivity contribution in [3.63, 3.8) is 0 Å². The molecule has 1 fully saturated rings. The molecule has 0 spiro atoms. The van der Waals surface area contributed by atoms with E-state index in [9.17, 15) is 9.59 Å². The zero-order valence-corrected chi connectivity index (χ0v) is 22.4. The lowest BCUT2D eigenvalue weighted by Gasteiger charge is -2.34. The van der Waals surface area contributed by atoms with Gasteiger partial charge in [0.15, 0.2) is 0 Å². The predicted molar refractivity (Wildman–Crippen MR) is 154 cm³/mol. The first kappa shape index (κ1) is 26.3. The Morgan fingerprint density at radius 3 is 2.26 bits per heavy atom. The summed E-state index contributed by atoms with van der Waals surface area (Å²) >= 11 is 0. The van der Waals surface area contributed by atoms with Crippen LogP contribution in [-0.4, -0.2) is 63.8 Å². The van der Waals surface area contributed by atoms with Crippen LogP contribution >= 0.6 is 0 Å². The standard InChI is InChI=1S/C31H34N6O2/c1-21(2)28(29(32)38)35-30-25-14-8-9-15-26(25)33-27(34-30)20-36-16-18-37(19-17-36)31(39)24-13-7-6-12-23(24)22-10-4-3-5-11-22/h3-15,21,28H,16-20H2,1-2H3,(H2,32,38)(H,33,34,35)/t28-/m0/s1. The molecule has 8 nitrogen and oxygen atoms in total. The molecule has 5 rings (SSSR count). The molecule has 0 unspecified atom stereocenters. The average Bonchev–Trinajstić information content (AvgIpc) is 2.96. The Kier molecular flexibility index (Phi) is 7.84. The molecule has 3 N–H and O–H groups in total. The molecule has 1 aliphatic heterocycles. The first-order valence-electron chi connectivity index (χ1n) is 13.4. The van der Waals surface area contributed by atoms with Crippen molar-refractivity contribution in [1.82, 2.24) is 19.8 Å². The van der Waals surface area contributed by atoms with Gasteiger partial charge in [-0.2, -0.15) is 0 Å². The summed E-state index contributed by atoms with van der Waals surface area (Å²) in [5.41, 5.74) is 9.17. The monoisotopic (exact) mass is 522 g/mol. The summed E-state index contributed by atoms with van der Waals surface area (Å²) in [5, 5.41) is 4.11. The number of amides is 2. The lowest BCUT2D eigenvalue weighted by molar-refractivity contribution is -0.119. The van der Waals surface area contributed by atoms with E-state index in [0.717, 1.165) is 27.6 Å². The van der Waals surface area contributed by atoms with E-state index in [4.69, 9.17) is 15.7 Å². The van der Waals surface area contributed by atoms with Crippen molar-refractivity contribution in [2.75, 3.05) is 31.5 Å². The highest BCUT2D eigenvalue weighted by Gasteiger charge is 2.25. The third kappa shape index (κ3) is 5.91. The molecule has 2 heterocycles. The molecule has 39 heavy (non-hydrogen) atoms. The number of nitrogens with two attached hydrogens (primary N) is 1. The summed E-state index contributed by atoms with van der Waals surface area (Å²) in [7, 11) is 0. The third-order valence-electron chi connectivity index (χ3n) is 7.18. The van der Waals surface area contributed by atoms with Crippen LogP contribution in [0.4, 0.5) is 5.82 Å². The number of hydrogen-bond acceptors (Lipinski definition) is 6. The number of carbonyl (C=O) groups excluding carboxylic acids is 2. The summed E-state index contributed by atoms with van der Waals surface area (Å²) in [6.07, 6.45) is 0. The van der Waals surface area contributed by atoms with Gasteiger partial charge >= 0.3 is 0 Å². The predicted octanol–water partition coefficient (Wildman–Crippen LogP) is 4.18. The minimum atomic E-state index is -0.538. The van der Waals surface area contributed by atoms with E-state index in [1.165, 1.54) is 0 Å². The Morgan fingerprint density at radius 2 is 1.54 bits per heavy atom. The lowest BCUT2D eigenvalue weighted by atomic mass is 9.98. The van der Waals surface area contributed by atoms with E-state index in [-0.39, 0.29) is 11.8 Å². The maximum Gasteiger partial charge on any atom is 0.254 e. The maximum atomic E-state index is 13.5. The van der Waals surface area contributed by atoms with Gasteiger partial charge in [-0.05, 0) is 35.2 Å². The van der Waals surface area contributed by atoms with Crippen LogP contribution in [0.15, 0.2) is 78.9 Å². The van der Waals surface area contributed by atoms with Crippen LogP contribution < -0.4 is 11.1 Å². The van der Waals surface area contributed by atoms with Crippen LogP contribution in [0, 0.1) is 5.92 Å². The normalized spacial score (nSPS) is 14.9. The Labute approximate surface area is 228 Å². The van der Waals surface area contributed by atoms with Crippen molar-refractivity contribution >= 4 is 28.5 Å². The highest BCUT2D eigenvalue weighted by atomic mass is 16.2. The number of anilines is 1. The van der Waals surface area contributed by atoms with Crippen molar-refractivity contribution in [3.05, 3.63) is 90.3 Å². The second-order valence-corrected chi connectivity index (χ2v) is 10.3. The fraction of sp³-hybridized carbons (Fsp3) is 0.290. The van der Waals surface area contributed by atoms with Crippen molar-refractivity contribution in [3.8, 4) is 11.1 Å². The molecular formula is C31H34N6O2. The number of carbonyl (C=O) groups is 2. The fourth-order valence-corrected chi connectivity index (χ4v) is 5.04. The molecule has 2 amide bonds. The van der Waals surface area contributed by atoms with Gasteiger partial charge in [0.1, 0.15) is 17.7 Å². The average molecular weight is 523 g/mol. The van der Waals surface area contributed by atoms with Gasteiger partial charge in [0.25, 0.3) is 5.91 Å². The van der Waals surface area contributed by atoms with Gasteiger partial charge in [-0.25, -0.2) is 9.97 Å². The summed E-state index contributed by atoms with van der Waals surface area (Å²) in [5.74, 6) is 0.923. The number of nitrogens with one attached hydrogen (secondary N) is 1. The second-order valence-electron chi connectivity index (χ2n) is 10.3. The molecule has 1 aliphatic rings. The Balaban J connectivity index is 1.29. The van der Waals surface area contributed by atoms with Crippen LogP contribution in [0.25, 0.3) is 22.0 Å². The third-order valence-corrected chi connectivity index (χ3v) is 7.18. The van der Waals surface area contributed by atoms with E-state index in [0.29, 0.717) is 44.4 Å². The molecule has 1 saturated heterocycles. The summed E-state index contributed by atoms with van der Waals surface area (Å²) in [6.45, 7) is 7.13. The van der Waals surface area contributed by atoms with E-state index in [1.807, 2.05) is 97.6 Å². The number of primary amides is 1. The Morgan fingerprint density at radius 1 is 0.872 bits per heavy atom. The molecular weight excluding hydrogens is 488 g/mol. The van der Waals surface area contributed by atoms with Crippen molar-refractivity contribution < 1.29 is 9.59 Å². The Bertz CT molecular complexity index is 1460. The number of rotatable bonds is 8. The van der Waals surface area contributed by atoms with Crippen LogP contribution in [0.5, 0.6) is 0 Å². The molecule has 0 bridgehead atoms. The number of para-hydroxylation sites is 1. The maximum absolute atomic E-state index is 13.5. The number of aromatic nitrogens is 2. The molecule has 200 valence electrons. The number of hydrogen-bond donors (Lipinski definition) is 2. The topological polar surface area (TPSA) is 104 Å². The molecule has 1 atom stereocenters. The summed E-state index contributed by atoms with van der Waals surface area (Å²) in [4.78, 5) is 39.3. The van der Waals surface area contributed by atoms with Crippen LogP contribution in [0.2, 0.25) is 0 Å². The van der Waals surface area contributed by atoms with E-state index >= 15 is 0 Å². The molecule has 0 saturated carbocycles. The molecule has 0 aliphatic carbocycles. The first-order valence-corrected chi connectivity index (χ1v) is 13.4. The minimum Gasteiger partial charge on any atom is -0.368 e. The molecule has 0 radical (unpaired) electrons. The SMILES string of the molecule is CC(C)[C@H](Nc1nc(CN2CCN(C(=O)c3ccccc3-c3ccccc3)CC2)nc2ccccc12)C(N)=O. The quantitative estimate of drug-likeness (QED) is 0.360. The zero-order chi connectivity index (χ0) is 27.4.